The van der Waals surface area contributed by atoms with Gasteiger partial charge in [-0.25, -0.2) is 4.68 Å². The number of rotatable bonds is 7. The van der Waals surface area contributed by atoms with Crippen LogP contribution in [0, 0.1) is 6.92 Å². The molecule has 2 amide bonds. The van der Waals surface area contributed by atoms with Crippen LogP contribution in [0.5, 0.6) is 11.5 Å². The van der Waals surface area contributed by atoms with Gasteiger partial charge >= 0.3 is 0 Å². The molecule has 0 saturated carbocycles. The summed E-state index contributed by atoms with van der Waals surface area (Å²) in [6.45, 7) is 3.76. The minimum atomic E-state index is -0.712. The minimum Gasteiger partial charge on any atom is -0.493 e. The van der Waals surface area contributed by atoms with Crippen molar-refractivity contribution in [2.45, 2.75) is 19.9 Å². The summed E-state index contributed by atoms with van der Waals surface area (Å²) in [4.78, 5) is 27.1. The van der Waals surface area contributed by atoms with E-state index in [1.807, 2.05) is 73.7 Å². The van der Waals surface area contributed by atoms with Crippen LogP contribution in [0.1, 0.15) is 34.5 Å². The van der Waals surface area contributed by atoms with Gasteiger partial charge in [-0.1, -0.05) is 42.5 Å². The topological polar surface area (TPSA) is 107 Å². The number of hydrogen-bond acceptors (Lipinski definition) is 6. The van der Waals surface area contributed by atoms with Gasteiger partial charge in [-0.2, -0.15) is 5.10 Å². The highest BCUT2D eigenvalue weighted by molar-refractivity contribution is 6.09. The van der Waals surface area contributed by atoms with E-state index in [-0.39, 0.29) is 11.8 Å². The maximum atomic E-state index is 13.7. The second kappa shape index (κ2) is 10.7. The molecule has 3 aromatic carbocycles. The van der Waals surface area contributed by atoms with Crippen molar-refractivity contribution in [2.75, 3.05) is 30.2 Å². The van der Waals surface area contributed by atoms with Crippen LogP contribution in [0.3, 0.4) is 0 Å². The largest absolute Gasteiger partial charge is 0.493 e. The van der Waals surface area contributed by atoms with Gasteiger partial charge in [0.25, 0.3) is 11.8 Å². The number of nitrogens with one attached hydrogen (secondary N) is 3. The van der Waals surface area contributed by atoms with Crippen molar-refractivity contribution in [2.24, 2.45) is 0 Å². The molecule has 0 saturated heterocycles. The second-order valence-electron chi connectivity index (χ2n) is 9.14. The molecule has 198 valence electrons. The molecule has 1 aliphatic rings. The number of ether oxygens (including phenoxy) is 2. The maximum absolute atomic E-state index is 13.7. The SMILES string of the molecule is COc1cccc([C@@H]2C(C(=O)Nc3ccccc3)=C(C)Nc3c(C(=O)Nc4cccc(C)c4)cnn32)c1OC. The number of hydrogen-bond donors (Lipinski definition) is 3. The molecule has 1 aromatic heterocycles. The summed E-state index contributed by atoms with van der Waals surface area (Å²) in [6.07, 6.45) is 1.50. The van der Waals surface area contributed by atoms with Gasteiger partial charge in [0, 0.05) is 22.6 Å². The third-order valence-electron chi connectivity index (χ3n) is 6.55. The van der Waals surface area contributed by atoms with Crippen molar-refractivity contribution in [3.8, 4) is 11.5 Å². The number of allylic oxidation sites excluding steroid dienone is 1. The Bertz CT molecular complexity index is 1580. The Kier molecular flexibility index (Phi) is 7.05. The van der Waals surface area contributed by atoms with Gasteiger partial charge in [0.15, 0.2) is 11.5 Å². The Balaban J connectivity index is 1.61. The molecule has 5 rings (SSSR count). The van der Waals surface area contributed by atoms with Gasteiger partial charge in [0.2, 0.25) is 0 Å². The molecule has 0 bridgehead atoms. The van der Waals surface area contributed by atoms with E-state index in [4.69, 9.17) is 9.47 Å². The number of nitrogens with zero attached hydrogens (tertiary/aromatic N) is 2. The molecule has 0 radical (unpaired) electrons. The first-order valence-electron chi connectivity index (χ1n) is 12.4. The smallest absolute Gasteiger partial charge is 0.261 e. The number of anilines is 3. The number of carbonyl (C=O) groups excluding carboxylic acids is 2. The summed E-state index contributed by atoms with van der Waals surface area (Å²) < 4.78 is 12.9. The Morgan fingerprint density at radius 1 is 0.872 bits per heavy atom. The van der Waals surface area contributed by atoms with E-state index in [0.717, 1.165) is 5.56 Å². The van der Waals surface area contributed by atoms with Crippen LogP contribution in [-0.2, 0) is 4.79 Å². The zero-order valence-electron chi connectivity index (χ0n) is 22.1. The van der Waals surface area contributed by atoms with E-state index in [1.165, 1.54) is 6.20 Å². The molecular weight excluding hydrogens is 494 g/mol. The number of benzene rings is 3. The number of methoxy groups -OCH3 is 2. The first-order chi connectivity index (χ1) is 18.9. The van der Waals surface area contributed by atoms with Crippen LogP contribution < -0.4 is 25.4 Å². The number of aromatic nitrogens is 2. The van der Waals surface area contributed by atoms with Crippen molar-refractivity contribution in [1.29, 1.82) is 0 Å². The molecule has 2 heterocycles. The Hall–Kier alpha value is -5.05. The molecule has 9 heteroatoms. The average Bonchev–Trinajstić information content (AvgIpc) is 3.35. The molecule has 9 nitrogen and oxygen atoms in total. The van der Waals surface area contributed by atoms with E-state index in [0.29, 0.717) is 51.1 Å². The zero-order valence-corrected chi connectivity index (χ0v) is 22.1. The Labute approximate surface area is 226 Å². The van der Waals surface area contributed by atoms with Gasteiger partial charge in [-0.05, 0) is 49.7 Å². The molecular formula is C30H29N5O4. The molecule has 4 aromatic rings. The number of carbonyl (C=O) groups is 2. The highest BCUT2D eigenvalue weighted by Crippen LogP contribution is 2.44. The fourth-order valence-electron chi connectivity index (χ4n) is 4.77. The summed E-state index contributed by atoms with van der Waals surface area (Å²) in [5, 5.41) is 13.8. The number of aryl methyl sites for hydroxylation is 1. The zero-order chi connectivity index (χ0) is 27.5. The van der Waals surface area contributed by atoms with Crippen LogP contribution in [0.4, 0.5) is 17.2 Å². The van der Waals surface area contributed by atoms with E-state index in [2.05, 4.69) is 21.0 Å². The van der Waals surface area contributed by atoms with Gasteiger partial charge in [0.05, 0.1) is 26.0 Å². The molecule has 1 atom stereocenters. The Morgan fingerprint density at radius 3 is 2.31 bits per heavy atom. The van der Waals surface area contributed by atoms with E-state index < -0.39 is 6.04 Å². The lowest BCUT2D eigenvalue weighted by atomic mass is 9.93. The van der Waals surface area contributed by atoms with E-state index in [1.54, 1.807) is 31.9 Å². The lowest BCUT2D eigenvalue weighted by Crippen LogP contribution is -2.32. The lowest BCUT2D eigenvalue weighted by molar-refractivity contribution is -0.113. The van der Waals surface area contributed by atoms with Crippen LogP contribution in [-0.4, -0.2) is 35.8 Å². The summed E-state index contributed by atoms with van der Waals surface area (Å²) in [5.41, 5.74) is 4.36. The van der Waals surface area contributed by atoms with Gasteiger partial charge in [0.1, 0.15) is 17.4 Å². The van der Waals surface area contributed by atoms with Crippen molar-refractivity contribution in [3.05, 3.63) is 107 Å². The van der Waals surface area contributed by atoms with Gasteiger partial charge in [-0.3, -0.25) is 9.59 Å². The minimum absolute atomic E-state index is 0.312. The fourth-order valence-corrected chi connectivity index (χ4v) is 4.77. The summed E-state index contributed by atoms with van der Waals surface area (Å²) in [6, 6.07) is 21.5. The quantitative estimate of drug-likeness (QED) is 0.300. The van der Waals surface area contributed by atoms with Crippen LogP contribution >= 0.6 is 0 Å². The van der Waals surface area contributed by atoms with E-state index >= 15 is 0 Å². The monoisotopic (exact) mass is 523 g/mol. The second-order valence-corrected chi connectivity index (χ2v) is 9.14. The van der Waals surface area contributed by atoms with Crippen molar-refractivity contribution in [3.63, 3.8) is 0 Å². The molecule has 0 unspecified atom stereocenters. The summed E-state index contributed by atoms with van der Waals surface area (Å²) in [5.74, 6) is 0.810. The third-order valence-corrected chi connectivity index (χ3v) is 6.55. The standard InChI is InChI=1S/C30H29N5O4/c1-18-10-8-13-21(16-18)34-29(36)23-17-31-35-26(22-14-9-15-24(38-3)27(22)39-4)25(19(2)32-28(23)35)30(37)33-20-11-6-5-7-12-20/h5-17,26,32H,1-4H3,(H,33,37)(H,34,36)/t26-/m1/s1. The van der Waals surface area contributed by atoms with E-state index in [9.17, 15) is 9.59 Å². The first-order valence-corrected chi connectivity index (χ1v) is 12.4. The molecule has 39 heavy (non-hydrogen) atoms. The average molecular weight is 524 g/mol. The van der Waals surface area contributed by atoms with Crippen LogP contribution in [0.25, 0.3) is 0 Å². The van der Waals surface area contributed by atoms with Crippen molar-refractivity contribution < 1.29 is 19.1 Å². The maximum Gasteiger partial charge on any atom is 0.261 e. The van der Waals surface area contributed by atoms with Crippen molar-refractivity contribution in [1.82, 2.24) is 9.78 Å². The highest BCUT2D eigenvalue weighted by Gasteiger charge is 2.37. The first kappa shape index (κ1) is 25.6. The number of para-hydroxylation sites is 2. The molecule has 1 aliphatic heterocycles. The highest BCUT2D eigenvalue weighted by atomic mass is 16.5. The third kappa shape index (κ3) is 4.94. The normalized spacial score (nSPS) is 14.2. The molecule has 0 spiro atoms. The summed E-state index contributed by atoms with van der Waals surface area (Å²) in [7, 11) is 3.11. The molecule has 0 fully saturated rings. The Morgan fingerprint density at radius 2 is 1.59 bits per heavy atom. The van der Waals surface area contributed by atoms with Crippen LogP contribution in [0.15, 0.2) is 90.3 Å². The predicted molar refractivity (Wildman–Crippen MR) is 150 cm³/mol. The van der Waals surface area contributed by atoms with Crippen molar-refractivity contribution >= 4 is 29.0 Å². The van der Waals surface area contributed by atoms with Gasteiger partial charge in [-0.15, -0.1) is 0 Å². The lowest BCUT2D eigenvalue weighted by Gasteiger charge is -2.31. The van der Waals surface area contributed by atoms with Crippen LogP contribution in [0.2, 0.25) is 0 Å². The molecule has 0 aliphatic carbocycles. The number of fused-ring (bicyclic) bond motifs is 1. The van der Waals surface area contributed by atoms with Gasteiger partial charge < -0.3 is 25.4 Å². The number of amides is 2. The molecule has 3 N–H and O–H groups in total. The predicted octanol–water partition coefficient (Wildman–Crippen LogP) is 5.39. The fraction of sp³-hybridized carbons (Fsp3) is 0.167. The summed E-state index contributed by atoms with van der Waals surface area (Å²) >= 11 is 0.